The highest BCUT2D eigenvalue weighted by Crippen LogP contribution is 2.18. The first-order valence-corrected chi connectivity index (χ1v) is 9.75. The largest absolute Gasteiger partial charge is 0.383 e. The number of carbonyl (C=O) groups is 1. The van der Waals surface area contributed by atoms with E-state index in [1.165, 1.54) is 5.56 Å². The Kier molecular flexibility index (Phi) is 7.29. The van der Waals surface area contributed by atoms with Crippen LogP contribution in [0.3, 0.4) is 0 Å². The molecule has 0 aliphatic carbocycles. The molecular formula is C20H32N4O2. The fourth-order valence-corrected chi connectivity index (χ4v) is 3.80. The van der Waals surface area contributed by atoms with Gasteiger partial charge < -0.3 is 15.0 Å². The Morgan fingerprint density at radius 3 is 2.62 bits per heavy atom. The summed E-state index contributed by atoms with van der Waals surface area (Å²) in [6.45, 7) is 9.17. The molecule has 144 valence electrons. The van der Waals surface area contributed by atoms with Gasteiger partial charge in [0.2, 0.25) is 0 Å². The molecule has 2 aliphatic heterocycles. The highest BCUT2D eigenvalue weighted by atomic mass is 16.5. The smallest absolute Gasteiger partial charge is 0.317 e. The lowest BCUT2D eigenvalue weighted by atomic mass is 10.1. The van der Waals surface area contributed by atoms with E-state index in [0.29, 0.717) is 5.92 Å². The quantitative estimate of drug-likeness (QED) is 0.800. The molecule has 2 heterocycles. The van der Waals surface area contributed by atoms with Crippen LogP contribution < -0.4 is 5.32 Å². The Hall–Kier alpha value is -1.63. The standard InChI is InChI=1S/C20H32N4O2/c1-26-14-13-22-9-11-24(12-10-22)20(25)21-15-19-7-8-23(17-19)16-18-5-3-2-4-6-18/h2-6,19H,7-17H2,1H3,(H,21,25)/t19-/m0/s1. The third-order valence-corrected chi connectivity index (χ3v) is 5.43. The fraction of sp³-hybridized carbons (Fsp3) is 0.650. The summed E-state index contributed by atoms with van der Waals surface area (Å²) in [5, 5.41) is 3.15. The van der Waals surface area contributed by atoms with Gasteiger partial charge in [-0.25, -0.2) is 4.79 Å². The van der Waals surface area contributed by atoms with Gasteiger partial charge >= 0.3 is 6.03 Å². The number of nitrogens with one attached hydrogen (secondary N) is 1. The van der Waals surface area contributed by atoms with Crippen LogP contribution in [0.5, 0.6) is 0 Å². The number of rotatable bonds is 7. The molecule has 3 rings (SSSR count). The van der Waals surface area contributed by atoms with Crippen LogP contribution in [0.4, 0.5) is 4.79 Å². The molecule has 6 heteroatoms. The van der Waals surface area contributed by atoms with E-state index in [2.05, 4.69) is 45.4 Å². The van der Waals surface area contributed by atoms with E-state index in [9.17, 15) is 4.79 Å². The number of nitrogens with zero attached hydrogens (tertiary/aromatic N) is 3. The van der Waals surface area contributed by atoms with Gasteiger partial charge in [-0.3, -0.25) is 9.80 Å². The lowest BCUT2D eigenvalue weighted by Crippen LogP contribution is -2.52. The summed E-state index contributed by atoms with van der Waals surface area (Å²) in [6.07, 6.45) is 1.16. The summed E-state index contributed by atoms with van der Waals surface area (Å²) in [4.78, 5) is 19.2. The number of benzene rings is 1. The number of amides is 2. The van der Waals surface area contributed by atoms with Crippen molar-refractivity contribution in [3.63, 3.8) is 0 Å². The van der Waals surface area contributed by atoms with E-state index in [4.69, 9.17) is 4.74 Å². The Balaban J connectivity index is 1.33. The summed E-state index contributed by atoms with van der Waals surface area (Å²) in [6, 6.07) is 10.7. The van der Waals surface area contributed by atoms with Crippen molar-refractivity contribution in [2.45, 2.75) is 13.0 Å². The topological polar surface area (TPSA) is 48.1 Å². The first-order valence-electron chi connectivity index (χ1n) is 9.75. The molecule has 2 fully saturated rings. The van der Waals surface area contributed by atoms with Crippen molar-refractivity contribution >= 4 is 6.03 Å². The SMILES string of the molecule is COCCN1CCN(C(=O)NC[C@@H]2CCN(Cc3ccccc3)C2)CC1. The van der Waals surface area contributed by atoms with Gasteiger partial charge in [-0.05, 0) is 24.4 Å². The fourth-order valence-electron chi connectivity index (χ4n) is 3.80. The summed E-state index contributed by atoms with van der Waals surface area (Å²) >= 11 is 0. The molecule has 0 spiro atoms. The number of urea groups is 1. The van der Waals surface area contributed by atoms with E-state index in [-0.39, 0.29) is 6.03 Å². The zero-order valence-corrected chi connectivity index (χ0v) is 15.9. The molecular weight excluding hydrogens is 328 g/mol. The van der Waals surface area contributed by atoms with Crippen LogP contribution in [0, 0.1) is 5.92 Å². The molecule has 0 unspecified atom stereocenters. The maximum atomic E-state index is 12.4. The molecule has 2 saturated heterocycles. The number of carbonyl (C=O) groups excluding carboxylic acids is 1. The average molecular weight is 361 g/mol. The van der Waals surface area contributed by atoms with E-state index < -0.39 is 0 Å². The third kappa shape index (κ3) is 5.69. The lowest BCUT2D eigenvalue weighted by molar-refractivity contribution is 0.106. The van der Waals surface area contributed by atoms with Crippen molar-refractivity contribution in [1.82, 2.24) is 20.0 Å². The van der Waals surface area contributed by atoms with Crippen molar-refractivity contribution < 1.29 is 9.53 Å². The Labute approximate surface area is 157 Å². The summed E-state index contributed by atoms with van der Waals surface area (Å²) in [5.41, 5.74) is 1.36. The summed E-state index contributed by atoms with van der Waals surface area (Å²) < 4.78 is 5.12. The van der Waals surface area contributed by atoms with E-state index in [1.54, 1.807) is 7.11 Å². The van der Waals surface area contributed by atoms with Crippen LogP contribution in [0.2, 0.25) is 0 Å². The van der Waals surface area contributed by atoms with Crippen molar-refractivity contribution in [3.05, 3.63) is 35.9 Å². The number of methoxy groups -OCH3 is 1. The molecule has 0 saturated carbocycles. The highest BCUT2D eigenvalue weighted by molar-refractivity contribution is 5.74. The third-order valence-electron chi connectivity index (χ3n) is 5.43. The molecule has 0 radical (unpaired) electrons. The number of hydrogen-bond donors (Lipinski definition) is 1. The van der Waals surface area contributed by atoms with Crippen molar-refractivity contribution in [3.8, 4) is 0 Å². The molecule has 6 nitrogen and oxygen atoms in total. The molecule has 26 heavy (non-hydrogen) atoms. The predicted octanol–water partition coefficient (Wildman–Crippen LogP) is 1.48. The van der Waals surface area contributed by atoms with Crippen LogP contribution in [-0.4, -0.2) is 86.8 Å². The van der Waals surface area contributed by atoms with E-state index in [1.807, 2.05) is 4.90 Å². The van der Waals surface area contributed by atoms with Gasteiger partial charge in [-0.15, -0.1) is 0 Å². The van der Waals surface area contributed by atoms with Gasteiger partial charge in [-0.2, -0.15) is 0 Å². The highest BCUT2D eigenvalue weighted by Gasteiger charge is 2.25. The van der Waals surface area contributed by atoms with Gasteiger partial charge in [0.15, 0.2) is 0 Å². The second kappa shape index (κ2) is 9.90. The van der Waals surface area contributed by atoms with Gasteiger partial charge in [0.05, 0.1) is 6.61 Å². The molecule has 1 aromatic carbocycles. The predicted molar refractivity (Wildman–Crippen MR) is 103 cm³/mol. The Bertz CT molecular complexity index is 546. The van der Waals surface area contributed by atoms with Gasteiger partial charge in [0, 0.05) is 59.5 Å². The minimum absolute atomic E-state index is 0.0953. The van der Waals surface area contributed by atoms with E-state index >= 15 is 0 Å². The second-order valence-electron chi connectivity index (χ2n) is 7.38. The molecule has 1 atom stereocenters. The molecule has 1 N–H and O–H groups in total. The van der Waals surface area contributed by atoms with Crippen molar-refractivity contribution in [2.24, 2.45) is 5.92 Å². The summed E-state index contributed by atoms with van der Waals surface area (Å²) in [5.74, 6) is 0.561. The Morgan fingerprint density at radius 2 is 1.88 bits per heavy atom. The summed E-state index contributed by atoms with van der Waals surface area (Å²) in [7, 11) is 1.73. The van der Waals surface area contributed by atoms with E-state index in [0.717, 1.165) is 71.9 Å². The van der Waals surface area contributed by atoms with Crippen LogP contribution in [0.15, 0.2) is 30.3 Å². The van der Waals surface area contributed by atoms with Crippen LogP contribution >= 0.6 is 0 Å². The molecule has 0 bridgehead atoms. The van der Waals surface area contributed by atoms with Gasteiger partial charge in [-0.1, -0.05) is 30.3 Å². The molecule has 1 aromatic rings. The molecule has 2 amide bonds. The molecule has 2 aliphatic rings. The van der Waals surface area contributed by atoms with Gasteiger partial charge in [0.1, 0.15) is 0 Å². The first-order chi connectivity index (χ1) is 12.7. The first kappa shape index (κ1) is 19.1. The minimum Gasteiger partial charge on any atom is -0.383 e. The normalized spacial score (nSPS) is 21.9. The second-order valence-corrected chi connectivity index (χ2v) is 7.38. The van der Waals surface area contributed by atoms with Crippen LogP contribution in [0.1, 0.15) is 12.0 Å². The monoisotopic (exact) mass is 360 g/mol. The zero-order valence-electron chi connectivity index (χ0n) is 15.9. The van der Waals surface area contributed by atoms with Crippen LogP contribution in [0.25, 0.3) is 0 Å². The van der Waals surface area contributed by atoms with Gasteiger partial charge in [0.25, 0.3) is 0 Å². The van der Waals surface area contributed by atoms with Crippen molar-refractivity contribution in [2.75, 3.05) is 66.1 Å². The number of ether oxygens (including phenoxy) is 1. The number of piperazine rings is 1. The zero-order chi connectivity index (χ0) is 18.2. The molecule has 0 aromatic heterocycles. The number of hydrogen-bond acceptors (Lipinski definition) is 4. The maximum Gasteiger partial charge on any atom is 0.317 e. The van der Waals surface area contributed by atoms with Crippen LogP contribution in [-0.2, 0) is 11.3 Å². The average Bonchev–Trinajstić information content (AvgIpc) is 3.13. The van der Waals surface area contributed by atoms with Crippen molar-refractivity contribution in [1.29, 1.82) is 0 Å². The number of likely N-dealkylation sites (tertiary alicyclic amines) is 1. The maximum absolute atomic E-state index is 12.4. The minimum atomic E-state index is 0.0953. The Morgan fingerprint density at radius 1 is 1.12 bits per heavy atom. The lowest BCUT2D eigenvalue weighted by Gasteiger charge is -2.34.